The third-order valence-corrected chi connectivity index (χ3v) is 4.31. The van der Waals surface area contributed by atoms with Crippen molar-refractivity contribution in [3.63, 3.8) is 0 Å². The summed E-state index contributed by atoms with van der Waals surface area (Å²) < 4.78 is 0. The van der Waals surface area contributed by atoms with Crippen molar-refractivity contribution in [1.29, 1.82) is 0 Å². The fourth-order valence-electron chi connectivity index (χ4n) is 2.71. The zero-order chi connectivity index (χ0) is 20.8. The lowest BCUT2D eigenvalue weighted by atomic mass is 10.1. The van der Waals surface area contributed by atoms with Crippen molar-refractivity contribution < 1.29 is 9.72 Å². The second kappa shape index (κ2) is 8.79. The largest absolute Gasteiger partial charge is 0.355 e. The minimum absolute atomic E-state index is 0.0156. The Hall–Kier alpha value is -4.01. The number of hydrogen-bond donors (Lipinski definition) is 3. The van der Waals surface area contributed by atoms with Crippen LogP contribution in [-0.2, 0) is 6.42 Å². The molecule has 0 fully saturated rings. The number of benzene rings is 2. The number of amides is 1. The van der Waals surface area contributed by atoms with E-state index in [1.54, 1.807) is 25.1 Å². The van der Waals surface area contributed by atoms with Crippen LogP contribution < -0.4 is 16.2 Å². The van der Waals surface area contributed by atoms with Gasteiger partial charge < -0.3 is 5.32 Å². The third-order valence-electron chi connectivity index (χ3n) is 4.31. The molecule has 0 spiro atoms. The summed E-state index contributed by atoms with van der Waals surface area (Å²) in [6.45, 7) is 3.84. The van der Waals surface area contributed by atoms with Gasteiger partial charge in [0, 0.05) is 11.3 Å². The Morgan fingerprint density at radius 1 is 1.07 bits per heavy atom. The summed E-state index contributed by atoms with van der Waals surface area (Å²) in [5.74, 6) is -0.540. The molecule has 29 heavy (non-hydrogen) atoms. The minimum Gasteiger partial charge on any atom is -0.334 e. The molecule has 3 aromatic rings. The topological polar surface area (TPSA) is 122 Å². The molecule has 1 heterocycles. The van der Waals surface area contributed by atoms with E-state index < -0.39 is 10.8 Å². The van der Waals surface area contributed by atoms with Gasteiger partial charge in [-0.05, 0) is 42.7 Å². The van der Waals surface area contributed by atoms with Crippen molar-refractivity contribution >= 4 is 28.9 Å². The Kier molecular flexibility index (Phi) is 5.98. The number of nitrogens with one attached hydrogen (secondary N) is 3. The van der Waals surface area contributed by atoms with E-state index in [-0.39, 0.29) is 17.3 Å². The van der Waals surface area contributed by atoms with Gasteiger partial charge in [0.1, 0.15) is 6.33 Å². The molecule has 0 saturated carbocycles. The van der Waals surface area contributed by atoms with Crippen LogP contribution >= 0.6 is 0 Å². The number of hydrogen-bond acceptors (Lipinski definition) is 7. The number of carbonyl (C=O) groups is 1. The van der Waals surface area contributed by atoms with Crippen molar-refractivity contribution in [2.75, 3.05) is 10.7 Å². The molecule has 0 aliphatic heterocycles. The van der Waals surface area contributed by atoms with Crippen molar-refractivity contribution in [2.45, 2.75) is 20.3 Å². The first-order valence-corrected chi connectivity index (χ1v) is 8.97. The van der Waals surface area contributed by atoms with Crippen molar-refractivity contribution in [3.8, 4) is 0 Å². The molecule has 0 aliphatic rings. The van der Waals surface area contributed by atoms with E-state index in [0.717, 1.165) is 17.5 Å². The molecule has 0 bridgehead atoms. The number of anilines is 3. The Morgan fingerprint density at radius 2 is 1.76 bits per heavy atom. The van der Waals surface area contributed by atoms with Gasteiger partial charge in [0.15, 0.2) is 0 Å². The van der Waals surface area contributed by atoms with Crippen LogP contribution in [0.15, 0.2) is 54.9 Å². The predicted octanol–water partition coefficient (Wildman–Crippen LogP) is 3.76. The predicted molar refractivity (Wildman–Crippen MR) is 110 cm³/mol. The highest BCUT2D eigenvalue weighted by molar-refractivity contribution is 5.96. The van der Waals surface area contributed by atoms with Crippen molar-refractivity contribution in [1.82, 2.24) is 15.4 Å². The second-order valence-corrected chi connectivity index (χ2v) is 6.25. The summed E-state index contributed by atoms with van der Waals surface area (Å²) in [6.07, 6.45) is 2.07. The third kappa shape index (κ3) is 4.64. The normalized spacial score (nSPS) is 10.3. The number of nitrogens with zero attached hydrogens (tertiary/aromatic N) is 3. The molecule has 0 unspecified atom stereocenters. The maximum Gasteiger partial charge on any atom is 0.355 e. The lowest BCUT2D eigenvalue weighted by Crippen LogP contribution is -2.30. The molecule has 9 heteroatoms. The average Bonchev–Trinajstić information content (AvgIpc) is 2.72. The maximum absolute atomic E-state index is 12.4. The SMILES string of the molecule is CCc1ccc(Nc2ncnc(NNC(=O)c3ccccc3C)c2[N+](=O)[O-])cc1. The summed E-state index contributed by atoms with van der Waals surface area (Å²) in [6, 6.07) is 14.5. The van der Waals surface area contributed by atoms with Gasteiger partial charge in [-0.1, -0.05) is 37.3 Å². The number of hydrazine groups is 1. The van der Waals surface area contributed by atoms with E-state index in [0.29, 0.717) is 11.3 Å². The highest BCUT2D eigenvalue weighted by Crippen LogP contribution is 2.30. The van der Waals surface area contributed by atoms with Crippen LogP contribution in [0.25, 0.3) is 0 Å². The second-order valence-electron chi connectivity index (χ2n) is 6.25. The molecular formula is C20H20N6O3. The smallest absolute Gasteiger partial charge is 0.334 e. The first-order chi connectivity index (χ1) is 14.0. The first kappa shape index (κ1) is 19.7. The summed E-state index contributed by atoms with van der Waals surface area (Å²) in [5.41, 5.74) is 7.63. The van der Waals surface area contributed by atoms with Crippen LogP contribution in [0, 0.1) is 17.0 Å². The molecule has 1 aromatic heterocycles. The zero-order valence-electron chi connectivity index (χ0n) is 16.0. The van der Waals surface area contributed by atoms with Crippen molar-refractivity contribution in [3.05, 3.63) is 81.7 Å². The van der Waals surface area contributed by atoms with E-state index in [1.807, 2.05) is 37.3 Å². The maximum atomic E-state index is 12.4. The lowest BCUT2D eigenvalue weighted by molar-refractivity contribution is -0.383. The molecule has 3 N–H and O–H groups in total. The van der Waals surface area contributed by atoms with Gasteiger partial charge in [0.2, 0.25) is 11.6 Å². The Balaban J connectivity index is 1.82. The summed E-state index contributed by atoms with van der Waals surface area (Å²) in [4.78, 5) is 31.3. The van der Waals surface area contributed by atoms with Gasteiger partial charge in [0.25, 0.3) is 5.91 Å². The molecule has 1 amide bonds. The fourth-order valence-corrected chi connectivity index (χ4v) is 2.71. The Morgan fingerprint density at radius 3 is 2.41 bits per heavy atom. The number of nitro groups is 1. The van der Waals surface area contributed by atoms with Crippen LogP contribution in [0.3, 0.4) is 0 Å². The van der Waals surface area contributed by atoms with Crippen LogP contribution in [0.1, 0.15) is 28.4 Å². The van der Waals surface area contributed by atoms with Crippen molar-refractivity contribution in [2.24, 2.45) is 0 Å². The average molecular weight is 392 g/mol. The summed E-state index contributed by atoms with van der Waals surface area (Å²) >= 11 is 0. The monoisotopic (exact) mass is 392 g/mol. The molecule has 0 radical (unpaired) electrons. The molecule has 148 valence electrons. The standard InChI is InChI=1S/C20H20N6O3/c1-3-14-8-10-15(11-9-14)23-18-17(26(28)29)19(22-12-21-18)24-25-20(27)16-7-5-4-6-13(16)2/h4-12H,3H2,1-2H3,(H,25,27)(H2,21,22,23,24). The molecular weight excluding hydrogens is 372 g/mol. The zero-order valence-corrected chi connectivity index (χ0v) is 16.0. The lowest BCUT2D eigenvalue weighted by Gasteiger charge is -2.12. The molecule has 0 aliphatic carbocycles. The summed E-state index contributed by atoms with van der Waals surface area (Å²) in [7, 11) is 0. The van der Waals surface area contributed by atoms with E-state index in [1.165, 1.54) is 6.33 Å². The minimum atomic E-state index is -0.606. The number of aryl methyl sites for hydroxylation is 2. The fraction of sp³-hybridized carbons (Fsp3) is 0.150. The number of carbonyl (C=O) groups excluding carboxylic acids is 1. The highest BCUT2D eigenvalue weighted by Gasteiger charge is 2.24. The van der Waals surface area contributed by atoms with Crippen LogP contribution in [0.5, 0.6) is 0 Å². The first-order valence-electron chi connectivity index (χ1n) is 8.97. The van der Waals surface area contributed by atoms with Gasteiger partial charge in [-0.15, -0.1) is 0 Å². The Labute approximate surface area is 167 Å². The summed E-state index contributed by atoms with van der Waals surface area (Å²) in [5, 5.41) is 14.6. The van der Waals surface area contributed by atoms with Gasteiger partial charge in [-0.3, -0.25) is 25.8 Å². The Bertz CT molecular complexity index is 1040. The molecule has 0 saturated heterocycles. The van der Waals surface area contributed by atoms with Gasteiger partial charge >= 0.3 is 5.69 Å². The van der Waals surface area contributed by atoms with Gasteiger partial charge in [0.05, 0.1) is 4.92 Å². The molecule has 3 rings (SSSR count). The molecule has 2 aromatic carbocycles. The van der Waals surface area contributed by atoms with E-state index >= 15 is 0 Å². The van der Waals surface area contributed by atoms with E-state index in [4.69, 9.17) is 0 Å². The number of rotatable bonds is 7. The van der Waals surface area contributed by atoms with E-state index in [2.05, 4.69) is 26.1 Å². The highest BCUT2D eigenvalue weighted by atomic mass is 16.6. The van der Waals surface area contributed by atoms with Gasteiger partial charge in [-0.25, -0.2) is 9.97 Å². The van der Waals surface area contributed by atoms with Gasteiger partial charge in [-0.2, -0.15) is 0 Å². The molecule has 0 atom stereocenters. The van der Waals surface area contributed by atoms with Crippen LogP contribution in [0.4, 0.5) is 23.0 Å². The van der Waals surface area contributed by atoms with E-state index in [9.17, 15) is 14.9 Å². The molecule has 9 nitrogen and oxygen atoms in total. The number of aromatic nitrogens is 2. The quantitative estimate of drug-likeness (QED) is 0.413. The van der Waals surface area contributed by atoms with Crippen LogP contribution in [0.2, 0.25) is 0 Å². The van der Waals surface area contributed by atoms with Crippen LogP contribution in [-0.4, -0.2) is 20.8 Å².